The number of ether oxygens (including phenoxy) is 3. The summed E-state index contributed by atoms with van der Waals surface area (Å²) >= 11 is 0. The number of piperidine rings is 1. The first-order valence-electron chi connectivity index (χ1n) is 8.66. The number of hydrogen-bond acceptors (Lipinski definition) is 7. The lowest BCUT2D eigenvalue weighted by Gasteiger charge is -2.33. The van der Waals surface area contributed by atoms with Crippen LogP contribution in [-0.2, 0) is 4.74 Å². The van der Waals surface area contributed by atoms with Crippen molar-refractivity contribution in [2.75, 3.05) is 20.2 Å². The first-order chi connectivity index (χ1) is 13.3. The molecule has 10 nitrogen and oxygen atoms in total. The van der Waals surface area contributed by atoms with E-state index in [-0.39, 0.29) is 42.7 Å². The molecule has 1 aromatic carbocycles. The average Bonchev–Trinajstić information content (AvgIpc) is 3.47. The highest BCUT2D eigenvalue weighted by atomic mass is 19.1. The number of methoxy groups -OCH3 is 1. The first-order valence-corrected chi connectivity index (χ1v) is 8.66. The number of likely N-dealkylation sites (tertiary alicyclic amines) is 1. The third kappa shape index (κ3) is 4.24. The third-order valence-electron chi connectivity index (χ3n) is 4.51. The Hall–Kier alpha value is -3.11. The van der Waals surface area contributed by atoms with Gasteiger partial charge in [0, 0.05) is 19.0 Å². The SMILES string of the molecule is COC(=O)c1cc(O[C@@H]2CCN(C(=O)O)C[C@H]2F)c(OC2CC2)cc1[N+](=O)[O-]. The minimum absolute atomic E-state index is 0.0191. The Labute approximate surface area is 158 Å². The number of benzene rings is 1. The molecule has 2 atom stereocenters. The van der Waals surface area contributed by atoms with E-state index in [1.165, 1.54) is 0 Å². The van der Waals surface area contributed by atoms with Gasteiger partial charge in [-0.15, -0.1) is 0 Å². The number of carbonyl (C=O) groups excluding carboxylic acids is 1. The highest BCUT2D eigenvalue weighted by Crippen LogP contribution is 2.40. The fourth-order valence-electron chi connectivity index (χ4n) is 2.88. The minimum Gasteiger partial charge on any atom is -0.486 e. The van der Waals surface area contributed by atoms with E-state index in [2.05, 4.69) is 4.74 Å². The zero-order chi connectivity index (χ0) is 20.4. The van der Waals surface area contributed by atoms with Gasteiger partial charge in [0.05, 0.1) is 30.7 Å². The van der Waals surface area contributed by atoms with Gasteiger partial charge in [-0.1, -0.05) is 0 Å². The number of halogens is 1. The Bertz CT molecular complexity index is 798. The summed E-state index contributed by atoms with van der Waals surface area (Å²) in [6.07, 6.45) is -2.30. The summed E-state index contributed by atoms with van der Waals surface area (Å²) in [6, 6.07) is 2.18. The van der Waals surface area contributed by atoms with Gasteiger partial charge in [-0.3, -0.25) is 10.1 Å². The van der Waals surface area contributed by atoms with Crippen molar-refractivity contribution in [3.63, 3.8) is 0 Å². The van der Waals surface area contributed by atoms with Crippen molar-refractivity contribution in [1.29, 1.82) is 0 Å². The van der Waals surface area contributed by atoms with Crippen molar-refractivity contribution < 1.29 is 38.2 Å². The number of carboxylic acid groups (broad SMARTS) is 1. The third-order valence-corrected chi connectivity index (χ3v) is 4.51. The van der Waals surface area contributed by atoms with Gasteiger partial charge < -0.3 is 24.2 Å². The zero-order valence-electron chi connectivity index (χ0n) is 15.0. The van der Waals surface area contributed by atoms with Crippen LogP contribution in [0.15, 0.2) is 12.1 Å². The largest absolute Gasteiger partial charge is 0.486 e. The summed E-state index contributed by atoms with van der Waals surface area (Å²) in [7, 11) is 1.08. The molecule has 2 aliphatic rings. The van der Waals surface area contributed by atoms with Gasteiger partial charge in [-0.05, 0) is 12.8 Å². The standard InChI is InChI=1S/C17H19FN2O8/c1-26-16(21)10-6-14(15(27-9-2-3-9)7-12(10)20(24)25)28-13-4-5-19(17(22)23)8-11(13)18/h6-7,9,11,13H,2-5,8H2,1H3,(H,22,23)/t11-,13-/m1/s1. The van der Waals surface area contributed by atoms with Crippen LogP contribution in [0.5, 0.6) is 11.5 Å². The Morgan fingerprint density at radius 2 is 1.93 bits per heavy atom. The van der Waals surface area contributed by atoms with E-state index in [1.54, 1.807) is 0 Å². The fourth-order valence-corrected chi connectivity index (χ4v) is 2.88. The molecule has 1 amide bonds. The molecule has 2 fully saturated rings. The number of nitro benzene ring substituents is 1. The van der Waals surface area contributed by atoms with Gasteiger partial charge in [0.15, 0.2) is 17.7 Å². The van der Waals surface area contributed by atoms with Gasteiger partial charge in [0.2, 0.25) is 0 Å². The van der Waals surface area contributed by atoms with Crippen LogP contribution >= 0.6 is 0 Å². The van der Waals surface area contributed by atoms with Crippen LogP contribution in [0.4, 0.5) is 14.9 Å². The van der Waals surface area contributed by atoms with E-state index in [9.17, 15) is 24.1 Å². The van der Waals surface area contributed by atoms with Crippen LogP contribution in [-0.4, -0.2) is 65.6 Å². The predicted molar refractivity (Wildman–Crippen MR) is 91.6 cm³/mol. The van der Waals surface area contributed by atoms with Crippen molar-refractivity contribution >= 4 is 17.7 Å². The molecule has 152 valence electrons. The predicted octanol–water partition coefficient (Wildman–Crippen LogP) is 2.39. The Kier molecular flexibility index (Phi) is 5.52. The molecule has 3 rings (SSSR count). The monoisotopic (exact) mass is 398 g/mol. The molecule has 28 heavy (non-hydrogen) atoms. The van der Waals surface area contributed by atoms with Crippen molar-refractivity contribution in [3.8, 4) is 11.5 Å². The highest BCUT2D eigenvalue weighted by molar-refractivity contribution is 5.95. The molecule has 11 heteroatoms. The van der Waals surface area contributed by atoms with Crippen molar-refractivity contribution in [2.45, 2.75) is 37.6 Å². The van der Waals surface area contributed by atoms with Crippen molar-refractivity contribution in [2.24, 2.45) is 0 Å². The molecule has 1 N–H and O–H groups in total. The van der Waals surface area contributed by atoms with Gasteiger partial charge in [-0.2, -0.15) is 0 Å². The van der Waals surface area contributed by atoms with Gasteiger partial charge >= 0.3 is 12.1 Å². The molecule has 1 aliphatic heterocycles. The maximum Gasteiger partial charge on any atom is 0.407 e. The van der Waals surface area contributed by atoms with E-state index in [4.69, 9.17) is 14.6 Å². The van der Waals surface area contributed by atoms with Gasteiger partial charge in [-0.25, -0.2) is 14.0 Å². The van der Waals surface area contributed by atoms with E-state index in [0.29, 0.717) is 0 Å². The van der Waals surface area contributed by atoms with E-state index in [1.807, 2.05) is 0 Å². The van der Waals surface area contributed by atoms with Gasteiger partial charge in [0.1, 0.15) is 11.7 Å². The second kappa shape index (κ2) is 7.87. The zero-order valence-corrected chi connectivity index (χ0v) is 15.0. The Balaban J connectivity index is 1.90. The molecule has 1 saturated heterocycles. The number of carbonyl (C=O) groups is 2. The van der Waals surface area contributed by atoms with Crippen molar-refractivity contribution in [3.05, 3.63) is 27.8 Å². The summed E-state index contributed by atoms with van der Waals surface area (Å²) < 4.78 is 30.3. The topological polar surface area (TPSA) is 128 Å². The first kappa shape index (κ1) is 19.6. The molecule has 0 aromatic heterocycles. The fraction of sp³-hybridized carbons (Fsp3) is 0.529. The van der Waals surface area contributed by atoms with Gasteiger partial charge in [0.25, 0.3) is 5.69 Å². The number of nitrogens with zero attached hydrogens (tertiary/aromatic N) is 2. The number of alkyl halides is 1. The number of hydrogen-bond donors (Lipinski definition) is 1. The summed E-state index contributed by atoms with van der Waals surface area (Å²) in [5, 5.41) is 20.3. The van der Waals surface area contributed by atoms with E-state index < -0.39 is 34.9 Å². The maximum absolute atomic E-state index is 14.4. The summed E-state index contributed by atoms with van der Waals surface area (Å²) in [4.78, 5) is 34.5. The molecule has 1 aliphatic carbocycles. The molecule has 0 bridgehead atoms. The van der Waals surface area contributed by atoms with Crippen molar-refractivity contribution in [1.82, 2.24) is 4.90 Å². The van der Waals surface area contributed by atoms with Crippen LogP contribution in [0, 0.1) is 10.1 Å². The second-order valence-corrected chi connectivity index (χ2v) is 6.57. The maximum atomic E-state index is 14.4. The number of amides is 1. The van der Waals surface area contributed by atoms with E-state index >= 15 is 0 Å². The van der Waals surface area contributed by atoms with Crippen LogP contribution in [0.2, 0.25) is 0 Å². The number of nitro groups is 1. The van der Waals surface area contributed by atoms with Crippen LogP contribution < -0.4 is 9.47 Å². The lowest BCUT2D eigenvalue weighted by atomic mass is 10.1. The molecular formula is C17H19FN2O8. The molecule has 1 heterocycles. The summed E-state index contributed by atoms with van der Waals surface area (Å²) in [5.41, 5.74) is -0.851. The lowest BCUT2D eigenvalue weighted by molar-refractivity contribution is -0.385. The smallest absolute Gasteiger partial charge is 0.407 e. The van der Waals surface area contributed by atoms with Crippen LogP contribution in [0.25, 0.3) is 0 Å². The average molecular weight is 398 g/mol. The molecule has 0 unspecified atom stereocenters. The van der Waals surface area contributed by atoms with Crippen LogP contribution in [0.3, 0.4) is 0 Å². The normalized spacial score (nSPS) is 21.7. The number of esters is 1. The second-order valence-electron chi connectivity index (χ2n) is 6.57. The highest BCUT2D eigenvalue weighted by Gasteiger charge is 2.35. The molecular weight excluding hydrogens is 379 g/mol. The summed E-state index contributed by atoms with van der Waals surface area (Å²) in [5.74, 6) is -0.920. The molecule has 0 spiro atoms. The van der Waals surface area contributed by atoms with E-state index in [0.717, 1.165) is 37.0 Å². The summed E-state index contributed by atoms with van der Waals surface area (Å²) in [6.45, 7) is -0.272. The minimum atomic E-state index is -1.60. The lowest BCUT2D eigenvalue weighted by Crippen LogP contribution is -2.48. The number of rotatable bonds is 6. The van der Waals surface area contributed by atoms with Crippen LogP contribution in [0.1, 0.15) is 29.6 Å². The Morgan fingerprint density at radius 3 is 2.46 bits per heavy atom. The molecule has 1 saturated carbocycles. The quantitative estimate of drug-likeness (QED) is 0.439. The molecule has 1 aromatic rings. The Morgan fingerprint density at radius 1 is 1.25 bits per heavy atom. The molecule has 0 radical (unpaired) electrons.